The molecule has 132 valence electrons. The van der Waals surface area contributed by atoms with Crippen molar-refractivity contribution in [1.29, 1.82) is 0 Å². The van der Waals surface area contributed by atoms with Crippen LogP contribution in [0.2, 0.25) is 0 Å². The molecule has 1 amide bonds. The number of alkyl halides is 3. The molecular formula is C14H15F3N2O4S. The Morgan fingerprint density at radius 2 is 1.88 bits per heavy atom. The van der Waals surface area contributed by atoms with Crippen molar-refractivity contribution in [2.75, 3.05) is 26.3 Å². The van der Waals surface area contributed by atoms with E-state index in [1.54, 1.807) is 0 Å². The molecule has 0 saturated heterocycles. The monoisotopic (exact) mass is 364 g/mol. The number of hydrogen-bond acceptors (Lipinski definition) is 4. The maximum Gasteiger partial charge on any atom is 0.411 e. The number of ether oxygens (including phenoxy) is 1. The van der Waals surface area contributed by atoms with Crippen molar-refractivity contribution < 1.29 is 31.1 Å². The third kappa shape index (κ3) is 6.99. The van der Waals surface area contributed by atoms with Gasteiger partial charge in [-0.3, -0.25) is 4.79 Å². The molecule has 0 aliphatic carbocycles. The van der Waals surface area contributed by atoms with E-state index in [9.17, 15) is 26.4 Å². The lowest BCUT2D eigenvalue weighted by molar-refractivity contribution is -0.173. The highest BCUT2D eigenvalue weighted by Crippen LogP contribution is 2.14. The van der Waals surface area contributed by atoms with Gasteiger partial charge < -0.3 is 10.1 Å². The molecule has 1 rings (SSSR count). The zero-order valence-electron chi connectivity index (χ0n) is 12.4. The van der Waals surface area contributed by atoms with Gasteiger partial charge in [-0.1, -0.05) is 5.92 Å². The summed E-state index contributed by atoms with van der Waals surface area (Å²) in [5.41, 5.74) is 0.154. The van der Waals surface area contributed by atoms with E-state index < -0.39 is 28.7 Å². The number of sulfonamides is 1. The van der Waals surface area contributed by atoms with Crippen LogP contribution in [0.25, 0.3) is 0 Å². The van der Waals surface area contributed by atoms with E-state index in [0.29, 0.717) is 0 Å². The Balaban J connectivity index is 2.51. The standard InChI is InChI=1S/C14H15F3N2O4S/c1-2-7-19-24(21,22)12-5-3-11(4-6-12)13(20)18-8-9-23-10-14(15,16)17/h1,3-6,19H,7-10H2,(H,18,20). The SMILES string of the molecule is C#CCNS(=O)(=O)c1ccc(C(=O)NCCOCC(F)(F)F)cc1. The molecule has 6 nitrogen and oxygen atoms in total. The number of carbonyl (C=O) groups is 1. The summed E-state index contributed by atoms with van der Waals surface area (Å²) in [4.78, 5) is 11.7. The molecule has 0 saturated carbocycles. The van der Waals surface area contributed by atoms with E-state index in [2.05, 4.69) is 20.7 Å². The Bertz CT molecular complexity index is 694. The first kappa shape index (κ1) is 20.0. The number of hydrogen-bond donors (Lipinski definition) is 2. The molecule has 2 N–H and O–H groups in total. The first-order valence-corrected chi connectivity index (χ1v) is 8.10. The smallest absolute Gasteiger partial charge is 0.370 e. The van der Waals surface area contributed by atoms with Gasteiger partial charge >= 0.3 is 6.18 Å². The minimum absolute atomic E-state index is 0.0668. The summed E-state index contributed by atoms with van der Waals surface area (Å²) in [5, 5.41) is 2.35. The van der Waals surface area contributed by atoms with Gasteiger partial charge in [0.25, 0.3) is 5.91 Å². The largest absolute Gasteiger partial charge is 0.411 e. The maximum atomic E-state index is 11.8. The van der Waals surface area contributed by atoms with Crippen LogP contribution in [0.15, 0.2) is 29.2 Å². The van der Waals surface area contributed by atoms with Gasteiger partial charge in [-0.05, 0) is 24.3 Å². The molecule has 0 unspecified atom stereocenters. The number of amides is 1. The lowest BCUT2D eigenvalue weighted by Crippen LogP contribution is -2.29. The fraction of sp³-hybridized carbons (Fsp3) is 0.357. The van der Waals surface area contributed by atoms with E-state index in [1.807, 2.05) is 0 Å². The number of carbonyl (C=O) groups excluding carboxylic acids is 1. The number of rotatable bonds is 8. The van der Waals surface area contributed by atoms with Crippen LogP contribution in [-0.2, 0) is 14.8 Å². The van der Waals surface area contributed by atoms with Gasteiger partial charge in [-0.25, -0.2) is 8.42 Å². The second-order valence-electron chi connectivity index (χ2n) is 4.48. The van der Waals surface area contributed by atoms with Crippen molar-refractivity contribution in [2.45, 2.75) is 11.1 Å². The average Bonchev–Trinajstić information content (AvgIpc) is 2.51. The van der Waals surface area contributed by atoms with Crippen LogP contribution >= 0.6 is 0 Å². The fourth-order valence-electron chi connectivity index (χ4n) is 1.53. The third-order valence-electron chi connectivity index (χ3n) is 2.59. The fourth-order valence-corrected chi connectivity index (χ4v) is 2.47. The Labute approximate surface area is 137 Å². The topological polar surface area (TPSA) is 84.5 Å². The van der Waals surface area contributed by atoms with Crippen LogP contribution in [0.4, 0.5) is 13.2 Å². The average molecular weight is 364 g/mol. The molecule has 0 aliphatic rings. The van der Waals surface area contributed by atoms with Crippen LogP contribution in [0.5, 0.6) is 0 Å². The van der Waals surface area contributed by atoms with Crippen molar-refractivity contribution in [3.05, 3.63) is 29.8 Å². The summed E-state index contributed by atoms with van der Waals surface area (Å²) >= 11 is 0. The van der Waals surface area contributed by atoms with Gasteiger partial charge in [0.15, 0.2) is 0 Å². The number of terminal acetylenes is 1. The van der Waals surface area contributed by atoms with Crippen molar-refractivity contribution >= 4 is 15.9 Å². The summed E-state index contributed by atoms with van der Waals surface area (Å²) in [7, 11) is -3.75. The Morgan fingerprint density at radius 1 is 1.25 bits per heavy atom. The normalized spacial score (nSPS) is 11.8. The van der Waals surface area contributed by atoms with Gasteiger partial charge in [0, 0.05) is 12.1 Å². The molecule has 1 aromatic carbocycles. The highest BCUT2D eigenvalue weighted by atomic mass is 32.2. The lowest BCUT2D eigenvalue weighted by atomic mass is 10.2. The van der Waals surface area contributed by atoms with Crippen LogP contribution in [0.3, 0.4) is 0 Å². The Kier molecular flexibility index (Phi) is 7.21. The van der Waals surface area contributed by atoms with Gasteiger partial charge in [0.1, 0.15) is 6.61 Å². The zero-order valence-corrected chi connectivity index (χ0v) is 13.2. The van der Waals surface area contributed by atoms with Gasteiger partial charge in [0.2, 0.25) is 10.0 Å². The van der Waals surface area contributed by atoms with Crippen molar-refractivity contribution in [3.8, 4) is 12.3 Å². The Hall–Kier alpha value is -2.09. The minimum atomic E-state index is -4.42. The molecule has 0 aromatic heterocycles. The van der Waals surface area contributed by atoms with Crippen LogP contribution in [-0.4, -0.2) is 46.8 Å². The minimum Gasteiger partial charge on any atom is -0.370 e. The summed E-state index contributed by atoms with van der Waals surface area (Å²) in [6.07, 6.45) is 0.549. The summed E-state index contributed by atoms with van der Waals surface area (Å²) in [6.45, 7) is -1.96. The van der Waals surface area contributed by atoms with Crippen LogP contribution in [0.1, 0.15) is 10.4 Å². The van der Waals surface area contributed by atoms with E-state index >= 15 is 0 Å². The van der Waals surface area contributed by atoms with Crippen molar-refractivity contribution in [1.82, 2.24) is 10.0 Å². The van der Waals surface area contributed by atoms with Gasteiger partial charge in [0.05, 0.1) is 18.0 Å². The second-order valence-corrected chi connectivity index (χ2v) is 6.24. The Morgan fingerprint density at radius 3 is 2.42 bits per heavy atom. The van der Waals surface area contributed by atoms with E-state index in [0.717, 1.165) is 0 Å². The molecule has 0 spiro atoms. The number of halogens is 3. The van der Waals surface area contributed by atoms with Crippen molar-refractivity contribution in [2.24, 2.45) is 0 Å². The predicted octanol–water partition coefficient (Wildman–Crippen LogP) is 0.907. The van der Waals surface area contributed by atoms with E-state index in [4.69, 9.17) is 6.42 Å². The molecule has 24 heavy (non-hydrogen) atoms. The molecule has 0 heterocycles. The van der Waals surface area contributed by atoms with Gasteiger partial charge in [-0.2, -0.15) is 17.9 Å². The lowest BCUT2D eigenvalue weighted by Gasteiger charge is -2.09. The summed E-state index contributed by atoms with van der Waals surface area (Å²) in [5.74, 6) is 1.57. The number of nitrogens with one attached hydrogen (secondary N) is 2. The summed E-state index contributed by atoms with van der Waals surface area (Å²) < 4.78 is 65.6. The highest BCUT2D eigenvalue weighted by Gasteiger charge is 2.27. The number of benzene rings is 1. The van der Waals surface area contributed by atoms with Gasteiger partial charge in [-0.15, -0.1) is 6.42 Å². The zero-order chi connectivity index (χ0) is 18.2. The molecule has 0 bridgehead atoms. The van der Waals surface area contributed by atoms with Crippen molar-refractivity contribution in [3.63, 3.8) is 0 Å². The van der Waals surface area contributed by atoms with Crippen LogP contribution < -0.4 is 10.0 Å². The maximum absolute atomic E-state index is 11.8. The molecule has 0 aliphatic heterocycles. The molecule has 1 aromatic rings. The molecule has 0 radical (unpaired) electrons. The molecule has 10 heteroatoms. The summed E-state index contributed by atoms with van der Waals surface area (Å²) in [6, 6.07) is 4.98. The first-order valence-electron chi connectivity index (χ1n) is 6.61. The molecule has 0 atom stereocenters. The second kappa shape index (κ2) is 8.68. The molecule has 0 fully saturated rings. The first-order chi connectivity index (χ1) is 11.2. The highest BCUT2D eigenvalue weighted by molar-refractivity contribution is 7.89. The van der Waals surface area contributed by atoms with E-state index in [-0.39, 0.29) is 30.2 Å². The van der Waals surface area contributed by atoms with Crippen LogP contribution in [0, 0.1) is 12.3 Å². The molecular weight excluding hydrogens is 349 g/mol. The quantitative estimate of drug-likeness (QED) is 0.530. The van der Waals surface area contributed by atoms with E-state index in [1.165, 1.54) is 24.3 Å². The predicted molar refractivity (Wildman–Crippen MR) is 79.7 cm³/mol. The third-order valence-corrected chi connectivity index (χ3v) is 4.01.